The minimum atomic E-state index is -1.02. The molecule has 1 fully saturated rings. The van der Waals surface area contributed by atoms with E-state index in [1.54, 1.807) is 32.5 Å². The molecule has 0 aromatic carbocycles. The third-order valence-corrected chi connectivity index (χ3v) is 4.80. The van der Waals surface area contributed by atoms with E-state index in [1.807, 2.05) is 0 Å². The standard InChI is InChI=1S/C15H27NO4S/c1-10-6-5-7-11(8-10)21-9-12(13(17)18)16-14(19)20-15(2,3)4/h10-12H,5-9H2,1-4H3,(H,16,19)(H,17,18). The molecule has 0 aliphatic heterocycles. The number of thioether (sulfide) groups is 1. The summed E-state index contributed by atoms with van der Waals surface area (Å²) in [6.45, 7) is 7.49. The minimum Gasteiger partial charge on any atom is -0.480 e. The first kappa shape index (κ1) is 18.1. The minimum absolute atomic E-state index is 0.381. The number of ether oxygens (including phenoxy) is 1. The smallest absolute Gasteiger partial charge is 0.408 e. The molecular weight excluding hydrogens is 290 g/mol. The van der Waals surface area contributed by atoms with E-state index in [-0.39, 0.29) is 0 Å². The molecule has 1 amide bonds. The van der Waals surface area contributed by atoms with E-state index in [1.165, 1.54) is 12.8 Å². The fourth-order valence-corrected chi connectivity index (χ4v) is 3.88. The van der Waals surface area contributed by atoms with Gasteiger partial charge in [-0.05, 0) is 39.5 Å². The topological polar surface area (TPSA) is 75.6 Å². The lowest BCUT2D eigenvalue weighted by molar-refractivity contribution is -0.138. The van der Waals surface area contributed by atoms with Crippen molar-refractivity contribution in [3.8, 4) is 0 Å². The molecule has 1 saturated carbocycles. The Hall–Kier alpha value is -0.910. The number of rotatable bonds is 5. The first-order valence-corrected chi connectivity index (χ1v) is 8.56. The predicted octanol–water partition coefficient (Wildman–Crippen LogP) is 3.28. The van der Waals surface area contributed by atoms with Crippen LogP contribution in [-0.4, -0.2) is 39.8 Å². The van der Waals surface area contributed by atoms with Crippen LogP contribution in [0.1, 0.15) is 53.4 Å². The SMILES string of the molecule is CC1CCCC(SCC(NC(=O)OC(C)(C)C)C(=O)O)C1. The Kier molecular flexibility index (Phi) is 6.84. The van der Waals surface area contributed by atoms with Crippen LogP contribution in [0.3, 0.4) is 0 Å². The van der Waals surface area contributed by atoms with Gasteiger partial charge in [-0.25, -0.2) is 9.59 Å². The van der Waals surface area contributed by atoms with Gasteiger partial charge < -0.3 is 15.2 Å². The summed E-state index contributed by atoms with van der Waals surface area (Å²) in [5, 5.41) is 12.2. The number of carbonyl (C=O) groups excluding carboxylic acids is 1. The summed E-state index contributed by atoms with van der Waals surface area (Å²) in [5.74, 6) is 0.0712. The largest absolute Gasteiger partial charge is 0.480 e. The molecule has 0 aromatic heterocycles. The van der Waals surface area contributed by atoms with Crippen molar-refractivity contribution in [2.75, 3.05) is 5.75 Å². The van der Waals surface area contributed by atoms with Gasteiger partial charge >= 0.3 is 12.1 Å². The molecular formula is C15H27NO4S. The monoisotopic (exact) mass is 317 g/mol. The van der Waals surface area contributed by atoms with E-state index >= 15 is 0 Å². The summed E-state index contributed by atoms with van der Waals surface area (Å²) in [6, 6.07) is -0.901. The molecule has 1 rings (SSSR count). The van der Waals surface area contributed by atoms with Gasteiger partial charge in [-0.1, -0.05) is 19.8 Å². The average Bonchev–Trinajstić information content (AvgIpc) is 2.32. The lowest BCUT2D eigenvalue weighted by atomic mass is 9.91. The molecule has 6 heteroatoms. The summed E-state index contributed by atoms with van der Waals surface area (Å²) >= 11 is 1.65. The second kappa shape index (κ2) is 7.92. The molecule has 1 aliphatic rings. The average molecular weight is 317 g/mol. The normalized spacial score (nSPS) is 24.2. The zero-order chi connectivity index (χ0) is 16.0. The van der Waals surface area contributed by atoms with Crippen LogP contribution in [0.15, 0.2) is 0 Å². The van der Waals surface area contributed by atoms with Crippen molar-refractivity contribution < 1.29 is 19.4 Å². The molecule has 0 heterocycles. The van der Waals surface area contributed by atoms with Crippen LogP contribution < -0.4 is 5.32 Å². The first-order chi connectivity index (χ1) is 9.67. The lowest BCUT2D eigenvalue weighted by Gasteiger charge is -2.27. The Morgan fingerprint density at radius 1 is 1.38 bits per heavy atom. The van der Waals surface area contributed by atoms with E-state index in [4.69, 9.17) is 4.74 Å². The van der Waals surface area contributed by atoms with Gasteiger partial charge in [0.25, 0.3) is 0 Å². The maximum Gasteiger partial charge on any atom is 0.408 e. The van der Waals surface area contributed by atoms with Gasteiger partial charge in [0.2, 0.25) is 0 Å². The van der Waals surface area contributed by atoms with Crippen molar-refractivity contribution in [3.05, 3.63) is 0 Å². The molecule has 0 spiro atoms. The van der Waals surface area contributed by atoms with Crippen molar-refractivity contribution >= 4 is 23.8 Å². The highest BCUT2D eigenvalue weighted by Gasteiger charge is 2.26. The third-order valence-electron chi connectivity index (χ3n) is 3.38. The molecule has 21 heavy (non-hydrogen) atoms. The Balaban J connectivity index is 2.43. The molecule has 0 saturated heterocycles. The van der Waals surface area contributed by atoms with Gasteiger partial charge in [-0.3, -0.25) is 0 Å². The van der Waals surface area contributed by atoms with Gasteiger partial charge in [-0.15, -0.1) is 0 Å². The van der Waals surface area contributed by atoms with Crippen LogP contribution in [-0.2, 0) is 9.53 Å². The van der Waals surface area contributed by atoms with Crippen molar-refractivity contribution in [3.63, 3.8) is 0 Å². The van der Waals surface area contributed by atoms with Gasteiger partial charge in [0, 0.05) is 11.0 Å². The van der Waals surface area contributed by atoms with E-state index in [0.717, 1.165) is 12.8 Å². The number of hydrogen-bond acceptors (Lipinski definition) is 4. The number of hydrogen-bond donors (Lipinski definition) is 2. The highest BCUT2D eigenvalue weighted by Crippen LogP contribution is 2.32. The Morgan fingerprint density at radius 2 is 2.05 bits per heavy atom. The third kappa shape index (κ3) is 7.60. The highest BCUT2D eigenvalue weighted by atomic mass is 32.2. The van der Waals surface area contributed by atoms with Crippen molar-refractivity contribution in [1.82, 2.24) is 5.32 Å². The summed E-state index contributed by atoms with van der Waals surface area (Å²) in [6.07, 6.45) is 4.05. The number of alkyl carbamates (subject to hydrolysis) is 1. The van der Waals surface area contributed by atoms with Gasteiger partial charge in [0.15, 0.2) is 0 Å². The Bertz CT molecular complexity index is 367. The maximum absolute atomic E-state index is 11.7. The zero-order valence-electron chi connectivity index (χ0n) is 13.3. The molecule has 3 unspecified atom stereocenters. The fourth-order valence-electron chi connectivity index (χ4n) is 2.39. The molecule has 0 bridgehead atoms. The van der Waals surface area contributed by atoms with Crippen LogP contribution in [0.4, 0.5) is 4.79 Å². The molecule has 0 radical (unpaired) electrons. The van der Waals surface area contributed by atoms with E-state index in [0.29, 0.717) is 16.9 Å². The first-order valence-electron chi connectivity index (χ1n) is 7.51. The molecule has 0 aromatic rings. The van der Waals surface area contributed by atoms with E-state index < -0.39 is 23.7 Å². The van der Waals surface area contributed by atoms with Crippen LogP contribution in [0, 0.1) is 5.92 Å². The number of aliphatic carboxylic acids is 1. The molecule has 3 atom stereocenters. The van der Waals surface area contributed by atoms with Gasteiger partial charge in [-0.2, -0.15) is 11.8 Å². The van der Waals surface area contributed by atoms with Crippen LogP contribution in [0.25, 0.3) is 0 Å². The van der Waals surface area contributed by atoms with Gasteiger partial charge in [0.1, 0.15) is 11.6 Å². The number of amides is 1. The van der Waals surface area contributed by atoms with Crippen LogP contribution >= 0.6 is 11.8 Å². The second-order valence-corrected chi connectivity index (χ2v) is 8.10. The number of carbonyl (C=O) groups is 2. The maximum atomic E-state index is 11.7. The quantitative estimate of drug-likeness (QED) is 0.814. The summed E-state index contributed by atoms with van der Waals surface area (Å²) in [5.41, 5.74) is -0.626. The van der Waals surface area contributed by atoms with E-state index in [2.05, 4.69) is 12.2 Å². The van der Waals surface area contributed by atoms with E-state index in [9.17, 15) is 14.7 Å². The van der Waals surface area contributed by atoms with Crippen LogP contribution in [0.5, 0.6) is 0 Å². The van der Waals surface area contributed by atoms with Gasteiger partial charge in [0.05, 0.1) is 0 Å². The second-order valence-electron chi connectivity index (χ2n) is 6.76. The molecule has 2 N–H and O–H groups in total. The molecule has 122 valence electrons. The van der Waals surface area contributed by atoms with Crippen molar-refractivity contribution in [2.45, 2.75) is 70.3 Å². The Labute approximate surface area is 131 Å². The number of carboxylic acid groups (broad SMARTS) is 1. The summed E-state index contributed by atoms with van der Waals surface area (Å²) in [7, 11) is 0. The summed E-state index contributed by atoms with van der Waals surface area (Å²) < 4.78 is 5.10. The lowest BCUT2D eigenvalue weighted by Crippen LogP contribution is -2.45. The molecule has 1 aliphatic carbocycles. The zero-order valence-corrected chi connectivity index (χ0v) is 14.2. The molecule has 5 nitrogen and oxygen atoms in total. The number of carboxylic acids is 1. The predicted molar refractivity (Wildman–Crippen MR) is 84.7 cm³/mol. The van der Waals surface area contributed by atoms with Crippen molar-refractivity contribution in [2.24, 2.45) is 5.92 Å². The highest BCUT2D eigenvalue weighted by molar-refractivity contribution is 7.99. The van der Waals surface area contributed by atoms with Crippen molar-refractivity contribution in [1.29, 1.82) is 0 Å². The fraction of sp³-hybridized carbons (Fsp3) is 0.867. The Morgan fingerprint density at radius 3 is 2.57 bits per heavy atom. The summed E-state index contributed by atoms with van der Waals surface area (Å²) in [4.78, 5) is 22.9. The van der Waals surface area contributed by atoms with Crippen LogP contribution in [0.2, 0.25) is 0 Å². The number of nitrogens with one attached hydrogen (secondary N) is 1.